The van der Waals surface area contributed by atoms with Crippen molar-refractivity contribution in [3.63, 3.8) is 0 Å². The minimum Gasteiger partial charge on any atom is -0.494 e. The number of hydrogen-bond donors (Lipinski definition) is 1. The van der Waals surface area contributed by atoms with E-state index in [9.17, 15) is 14.9 Å². The van der Waals surface area contributed by atoms with Crippen LogP contribution in [0.25, 0.3) is 0 Å². The largest absolute Gasteiger partial charge is 0.494 e. The number of nitrogens with one attached hydrogen (secondary N) is 1. The first-order chi connectivity index (χ1) is 13.1. The van der Waals surface area contributed by atoms with Crippen molar-refractivity contribution >= 4 is 23.0 Å². The van der Waals surface area contributed by atoms with Gasteiger partial charge in [0.25, 0.3) is 11.6 Å². The molecular formula is C19H21N3O5. The number of anilines is 2. The molecule has 0 bridgehead atoms. The van der Waals surface area contributed by atoms with Crippen LogP contribution < -0.4 is 15.0 Å². The van der Waals surface area contributed by atoms with Crippen molar-refractivity contribution in [2.75, 3.05) is 43.1 Å². The van der Waals surface area contributed by atoms with Gasteiger partial charge in [-0.2, -0.15) is 0 Å². The summed E-state index contributed by atoms with van der Waals surface area (Å²) >= 11 is 0. The van der Waals surface area contributed by atoms with E-state index in [1.807, 2.05) is 11.8 Å². The van der Waals surface area contributed by atoms with Crippen LogP contribution in [0.4, 0.5) is 17.1 Å². The summed E-state index contributed by atoms with van der Waals surface area (Å²) in [5, 5.41) is 14.0. The summed E-state index contributed by atoms with van der Waals surface area (Å²) in [4.78, 5) is 25.3. The standard InChI is InChI=1S/C19H21N3O5/c1-2-27-16-6-3-14(4-7-16)19(23)20-17-8-5-15(22(24)25)13-18(17)21-9-11-26-12-10-21/h3-8,13H,2,9-12H2,1H3,(H,20,23). The molecule has 1 amide bonds. The van der Waals surface area contributed by atoms with E-state index >= 15 is 0 Å². The van der Waals surface area contributed by atoms with Crippen LogP contribution in [0.3, 0.4) is 0 Å². The molecule has 0 saturated carbocycles. The molecular weight excluding hydrogens is 350 g/mol. The van der Waals surface area contributed by atoms with Gasteiger partial charge in [-0.25, -0.2) is 0 Å². The molecule has 0 unspecified atom stereocenters. The second kappa shape index (κ2) is 8.50. The Kier molecular flexibility index (Phi) is 5.87. The Balaban J connectivity index is 1.84. The topological polar surface area (TPSA) is 93.9 Å². The summed E-state index contributed by atoms with van der Waals surface area (Å²) in [6, 6.07) is 11.3. The van der Waals surface area contributed by atoms with Crippen LogP contribution in [0.1, 0.15) is 17.3 Å². The first-order valence-corrected chi connectivity index (χ1v) is 8.74. The molecule has 1 heterocycles. The summed E-state index contributed by atoms with van der Waals surface area (Å²) in [7, 11) is 0. The Bertz CT molecular complexity index is 817. The molecule has 0 atom stereocenters. The molecule has 27 heavy (non-hydrogen) atoms. The van der Waals surface area contributed by atoms with Gasteiger partial charge in [0.2, 0.25) is 0 Å². The molecule has 142 valence electrons. The second-order valence-electron chi connectivity index (χ2n) is 5.97. The molecule has 2 aromatic carbocycles. The third-order valence-corrected chi connectivity index (χ3v) is 4.22. The van der Waals surface area contributed by atoms with Gasteiger partial charge in [-0.05, 0) is 37.3 Å². The molecule has 0 spiro atoms. The highest BCUT2D eigenvalue weighted by atomic mass is 16.6. The second-order valence-corrected chi connectivity index (χ2v) is 5.97. The van der Waals surface area contributed by atoms with Crippen LogP contribution in [0, 0.1) is 10.1 Å². The van der Waals surface area contributed by atoms with E-state index in [1.165, 1.54) is 12.1 Å². The van der Waals surface area contributed by atoms with E-state index in [1.54, 1.807) is 30.3 Å². The van der Waals surface area contributed by atoms with E-state index in [-0.39, 0.29) is 11.6 Å². The Morgan fingerprint density at radius 1 is 1.22 bits per heavy atom. The smallest absolute Gasteiger partial charge is 0.271 e. The van der Waals surface area contributed by atoms with Crippen LogP contribution in [0.5, 0.6) is 5.75 Å². The van der Waals surface area contributed by atoms with Gasteiger partial charge in [-0.15, -0.1) is 0 Å². The normalized spacial score (nSPS) is 13.9. The number of carbonyl (C=O) groups is 1. The number of ether oxygens (including phenoxy) is 2. The maximum absolute atomic E-state index is 12.6. The number of carbonyl (C=O) groups excluding carboxylic acids is 1. The van der Waals surface area contributed by atoms with Crippen molar-refractivity contribution in [3.8, 4) is 5.75 Å². The number of nitrogens with zero attached hydrogens (tertiary/aromatic N) is 2. The summed E-state index contributed by atoms with van der Waals surface area (Å²) in [5.74, 6) is 0.403. The van der Waals surface area contributed by atoms with Gasteiger partial charge in [0, 0.05) is 30.8 Å². The first-order valence-electron chi connectivity index (χ1n) is 8.74. The van der Waals surface area contributed by atoms with E-state index in [2.05, 4.69) is 5.32 Å². The Morgan fingerprint density at radius 3 is 2.56 bits per heavy atom. The molecule has 1 fully saturated rings. The lowest BCUT2D eigenvalue weighted by Crippen LogP contribution is -2.36. The van der Waals surface area contributed by atoms with Crippen LogP contribution in [0.15, 0.2) is 42.5 Å². The average Bonchev–Trinajstić information content (AvgIpc) is 2.69. The number of non-ortho nitro benzene ring substituents is 1. The van der Waals surface area contributed by atoms with Gasteiger partial charge in [0.15, 0.2) is 0 Å². The summed E-state index contributed by atoms with van der Waals surface area (Å²) < 4.78 is 10.7. The summed E-state index contributed by atoms with van der Waals surface area (Å²) in [6.07, 6.45) is 0. The van der Waals surface area contributed by atoms with Crippen molar-refractivity contribution in [2.24, 2.45) is 0 Å². The molecule has 0 aromatic heterocycles. The van der Waals surface area contributed by atoms with Gasteiger partial charge in [-0.1, -0.05) is 0 Å². The van der Waals surface area contributed by atoms with Crippen LogP contribution in [0.2, 0.25) is 0 Å². The molecule has 3 rings (SSSR count). The van der Waals surface area contributed by atoms with Gasteiger partial charge in [-0.3, -0.25) is 14.9 Å². The lowest BCUT2D eigenvalue weighted by Gasteiger charge is -2.30. The zero-order valence-corrected chi connectivity index (χ0v) is 15.0. The van der Waals surface area contributed by atoms with Crippen LogP contribution in [-0.4, -0.2) is 43.7 Å². The highest BCUT2D eigenvalue weighted by Crippen LogP contribution is 2.31. The number of amides is 1. The quantitative estimate of drug-likeness (QED) is 0.619. The van der Waals surface area contributed by atoms with Crippen LogP contribution >= 0.6 is 0 Å². The number of benzene rings is 2. The van der Waals surface area contributed by atoms with Crippen molar-refractivity contribution in [1.82, 2.24) is 0 Å². The third kappa shape index (κ3) is 4.53. The average molecular weight is 371 g/mol. The van der Waals surface area contributed by atoms with Crippen molar-refractivity contribution in [2.45, 2.75) is 6.92 Å². The minimum atomic E-state index is -0.442. The zero-order valence-electron chi connectivity index (χ0n) is 15.0. The predicted octanol–water partition coefficient (Wildman–Crippen LogP) is 3.08. The van der Waals surface area contributed by atoms with E-state index in [0.717, 1.165) is 0 Å². The number of nitro benzene ring substituents is 1. The van der Waals surface area contributed by atoms with E-state index in [0.29, 0.717) is 55.6 Å². The van der Waals surface area contributed by atoms with Crippen molar-refractivity contribution in [1.29, 1.82) is 0 Å². The summed E-state index contributed by atoms with van der Waals surface area (Å²) in [6.45, 7) is 4.73. The minimum absolute atomic E-state index is 0.0180. The van der Waals surface area contributed by atoms with E-state index < -0.39 is 4.92 Å². The lowest BCUT2D eigenvalue weighted by molar-refractivity contribution is -0.384. The van der Waals surface area contributed by atoms with E-state index in [4.69, 9.17) is 9.47 Å². The maximum Gasteiger partial charge on any atom is 0.271 e. The molecule has 2 aromatic rings. The molecule has 1 saturated heterocycles. The monoisotopic (exact) mass is 371 g/mol. The highest BCUT2D eigenvalue weighted by Gasteiger charge is 2.20. The molecule has 1 aliphatic heterocycles. The molecule has 1 aliphatic rings. The first kappa shape index (κ1) is 18.7. The Hall–Kier alpha value is -3.13. The Labute approximate surface area is 156 Å². The van der Waals surface area contributed by atoms with Gasteiger partial charge in [0.05, 0.1) is 36.1 Å². The fourth-order valence-electron chi connectivity index (χ4n) is 2.87. The zero-order chi connectivity index (χ0) is 19.2. The maximum atomic E-state index is 12.6. The fraction of sp³-hybridized carbons (Fsp3) is 0.316. The lowest BCUT2D eigenvalue weighted by atomic mass is 10.1. The predicted molar refractivity (Wildman–Crippen MR) is 102 cm³/mol. The number of hydrogen-bond acceptors (Lipinski definition) is 6. The molecule has 0 aliphatic carbocycles. The van der Waals surface area contributed by atoms with Gasteiger partial charge in [0.1, 0.15) is 5.75 Å². The fourth-order valence-corrected chi connectivity index (χ4v) is 2.87. The molecule has 1 N–H and O–H groups in total. The number of nitro groups is 1. The molecule has 8 heteroatoms. The Morgan fingerprint density at radius 2 is 1.93 bits per heavy atom. The van der Waals surface area contributed by atoms with Gasteiger partial charge >= 0.3 is 0 Å². The number of rotatable bonds is 6. The third-order valence-electron chi connectivity index (χ3n) is 4.22. The number of morpholine rings is 1. The summed E-state index contributed by atoms with van der Waals surface area (Å²) in [5.41, 5.74) is 1.61. The SMILES string of the molecule is CCOc1ccc(C(=O)Nc2ccc([N+](=O)[O-])cc2N2CCOCC2)cc1. The molecule has 8 nitrogen and oxygen atoms in total. The van der Waals surface area contributed by atoms with Crippen molar-refractivity contribution in [3.05, 3.63) is 58.1 Å². The molecule has 0 radical (unpaired) electrons. The van der Waals surface area contributed by atoms with Crippen LogP contribution in [-0.2, 0) is 4.74 Å². The van der Waals surface area contributed by atoms with Gasteiger partial charge < -0.3 is 19.7 Å². The van der Waals surface area contributed by atoms with Crippen molar-refractivity contribution < 1.29 is 19.2 Å². The highest BCUT2D eigenvalue weighted by molar-refractivity contribution is 6.06.